The van der Waals surface area contributed by atoms with Gasteiger partial charge >= 0.3 is 0 Å². The molecular weight excluding hydrogens is 462 g/mol. The highest BCUT2D eigenvalue weighted by molar-refractivity contribution is 7.13. The number of ether oxygens (including phenoxy) is 2. The van der Waals surface area contributed by atoms with Crippen molar-refractivity contribution in [2.24, 2.45) is 0 Å². The number of carbonyl (C=O) groups is 2. The fourth-order valence-corrected chi connectivity index (χ4v) is 4.77. The molecule has 4 aromatic rings. The fourth-order valence-electron chi connectivity index (χ4n) is 3.93. The van der Waals surface area contributed by atoms with E-state index in [1.54, 1.807) is 36.5 Å². The first-order chi connectivity index (χ1) is 17.0. The van der Waals surface area contributed by atoms with Crippen molar-refractivity contribution in [3.63, 3.8) is 0 Å². The first kappa shape index (κ1) is 22.6. The van der Waals surface area contributed by atoms with Gasteiger partial charge in [0.1, 0.15) is 23.1 Å². The Kier molecular flexibility index (Phi) is 6.20. The quantitative estimate of drug-likeness (QED) is 0.404. The molecule has 7 nitrogen and oxygen atoms in total. The lowest BCUT2D eigenvalue weighted by atomic mass is 10.1. The maximum absolute atomic E-state index is 13.0. The molecule has 0 spiro atoms. The molecule has 0 saturated carbocycles. The molecule has 1 aliphatic rings. The number of thiazole rings is 1. The number of para-hydroxylation sites is 2. The third-order valence-electron chi connectivity index (χ3n) is 5.67. The topological polar surface area (TPSA) is 80.8 Å². The summed E-state index contributed by atoms with van der Waals surface area (Å²) in [6, 6.07) is 22.7. The van der Waals surface area contributed by atoms with E-state index in [-0.39, 0.29) is 18.4 Å². The molecule has 0 aliphatic carbocycles. The van der Waals surface area contributed by atoms with E-state index in [4.69, 9.17) is 14.5 Å². The molecular formula is C27H23N3O4S. The zero-order valence-electron chi connectivity index (χ0n) is 19.2. The number of benzene rings is 3. The standard InChI is InChI=1S/C27H23N3O4S/c1-17-27(32)30(15-25(31)28-20-10-6-7-11-23(20)33-2)22-14-19(12-13-24(22)34-17)21-16-35-26(29-21)18-8-4-3-5-9-18/h3-14,16-17H,15H2,1-2H3,(H,28,31). The predicted octanol–water partition coefficient (Wildman–Crippen LogP) is 5.24. The molecule has 5 rings (SSSR count). The average Bonchev–Trinajstić information content (AvgIpc) is 3.38. The summed E-state index contributed by atoms with van der Waals surface area (Å²) in [6.45, 7) is 1.52. The third kappa shape index (κ3) is 4.61. The zero-order chi connectivity index (χ0) is 24.4. The molecule has 176 valence electrons. The van der Waals surface area contributed by atoms with Crippen LogP contribution in [0.4, 0.5) is 11.4 Å². The second kappa shape index (κ2) is 9.60. The van der Waals surface area contributed by atoms with Gasteiger partial charge in [0.2, 0.25) is 5.91 Å². The number of aromatic nitrogens is 1. The third-order valence-corrected chi connectivity index (χ3v) is 6.56. The number of anilines is 2. The molecule has 1 atom stereocenters. The molecule has 1 unspecified atom stereocenters. The summed E-state index contributed by atoms with van der Waals surface area (Å²) in [4.78, 5) is 32.2. The van der Waals surface area contributed by atoms with E-state index in [1.165, 1.54) is 12.0 Å². The van der Waals surface area contributed by atoms with Crippen LogP contribution in [0, 0.1) is 0 Å². The number of hydrogen-bond acceptors (Lipinski definition) is 6. The van der Waals surface area contributed by atoms with Gasteiger partial charge in [-0.05, 0) is 37.3 Å². The summed E-state index contributed by atoms with van der Waals surface area (Å²) in [7, 11) is 1.54. The van der Waals surface area contributed by atoms with Gasteiger partial charge in [-0.15, -0.1) is 11.3 Å². The molecule has 0 bridgehead atoms. The van der Waals surface area contributed by atoms with Crippen LogP contribution in [0.3, 0.4) is 0 Å². The Balaban J connectivity index is 1.43. The summed E-state index contributed by atoms with van der Waals surface area (Å²) < 4.78 is 11.1. The first-order valence-electron chi connectivity index (χ1n) is 11.1. The molecule has 35 heavy (non-hydrogen) atoms. The highest BCUT2D eigenvalue weighted by atomic mass is 32.1. The first-order valence-corrected chi connectivity index (χ1v) is 12.0. The van der Waals surface area contributed by atoms with Crippen molar-refractivity contribution < 1.29 is 19.1 Å². The number of nitrogens with one attached hydrogen (secondary N) is 1. The number of methoxy groups -OCH3 is 1. The molecule has 3 aromatic carbocycles. The molecule has 0 saturated heterocycles. The Morgan fingerprint density at radius 3 is 2.66 bits per heavy atom. The molecule has 1 N–H and O–H groups in total. The van der Waals surface area contributed by atoms with Crippen molar-refractivity contribution in [1.29, 1.82) is 0 Å². The summed E-state index contributed by atoms with van der Waals surface area (Å²) in [5.74, 6) is 0.466. The lowest BCUT2D eigenvalue weighted by Crippen LogP contribution is -2.47. The van der Waals surface area contributed by atoms with E-state index in [0.717, 1.165) is 21.8 Å². The minimum Gasteiger partial charge on any atom is -0.495 e. The van der Waals surface area contributed by atoms with Crippen LogP contribution in [0.2, 0.25) is 0 Å². The maximum Gasteiger partial charge on any atom is 0.268 e. The van der Waals surface area contributed by atoms with Crippen LogP contribution in [0.1, 0.15) is 6.92 Å². The smallest absolute Gasteiger partial charge is 0.268 e. The molecule has 0 fully saturated rings. The average molecular weight is 486 g/mol. The van der Waals surface area contributed by atoms with E-state index in [9.17, 15) is 9.59 Å². The summed E-state index contributed by atoms with van der Waals surface area (Å²) in [5.41, 5.74) is 3.75. The second-order valence-corrected chi connectivity index (χ2v) is 8.88. The number of carbonyl (C=O) groups excluding carboxylic acids is 2. The zero-order valence-corrected chi connectivity index (χ0v) is 20.0. The number of fused-ring (bicyclic) bond motifs is 1. The second-order valence-electron chi connectivity index (χ2n) is 8.02. The molecule has 0 radical (unpaired) electrons. The van der Waals surface area contributed by atoms with Gasteiger partial charge in [-0.3, -0.25) is 14.5 Å². The predicted molar refractivity (Wildman–Crippen MR) is 137 cm³/mol. The molecule has 2 heterocycles. The van der Waals surface area contributed by atoms with E-state index in [2.05, 4.69) is 5.32 Å². The van der Waals surface area contributed by atoms with E-state index >= 15 is 0 Å². The highest BCUT2D eigenvalue weighted by Crippen LogP contribution is 2.38. The van der Waals surface area contributed by atoms with Gasteiger partial charge in [-0.2, -0.15) is 0 Å². The fraction of sp³-hybridized carbons (Fsp3) is 0.148. The number of rotatable bonds is 6. The SMILES string of the molecule is COc1ccccc1NC(=O)CN1C(=O)C(C)Oc2ccc(-c3csc(-c4ccccc4)n3)cc21. The maximum atomic E-state index is 13.0. The normalized spacial score (nSPS) is 14.7. The van der Waals surface area contributed by atoms with Gasteiger partial charge in [-0.1, -0.05) is 42.5 Å². The number of nitrogens with zero attached hydrogens (tertiary/aromatic N) is 2. The van der Waals surface area contributed by atoms with Crippen LogP contribution >= 0.6 is 11.3 Å². The molecule has 8 heteroatoms. The van der Waals surface area contributed by atoms with Gasteiger partial charge in [0.05, 0.1) is 24.2 Å². The summed E-state index contributed by atoms with van der Waals surface area (Å²) >= 11 is 1.55. The van der Waals surface area contributed by atoms with Crippen LogP contribution in [0.5, 0.6) is 11.5 Å². The summed E-state index contributed by atoms with van der Waals surface area (Å²) in [6.07, 6.45) is -0.698. The molecule has 1 aromatic heterocycles. The van der Waals surface area contributed by atoms with Crippen LogP contribution < -0.4 is 19.7 Å². The Labute approximate surface area is 207 Å². The van der Waals surface area contributed by atoms with Gasteiger partial charge in [0.15, 0.2) is 6.10 Å². The Morgan fingerprint density at radius 1 is 1.09 bits per heavy atom. The van der Waals surface area contributed by atoms with Gasteiger partial charge in [-0.25, -0.2) is 4.98 Å². The van der Waals surface area contributed by atoms with Crippen LogP contribution in [-0.4, -0.2) is 36.6 Å². The minimum atomic E-state index is -0.698. The van der Waals surface area contributed by atoms with Gasteiger partial charge in [0, 0.05) is 16.5 Å². The summed E-state index contributed by atoms with van der Waals surface area (Å²) in [5, 5.41) is 5.73. The van der Waals surface area contributed by atoms with Crippen molar-refractivity contribution in [2.75, 3.05) is 23.9 Å². The molecule has 2 amide bonds. The van der Waals surface area contributed by atoms with E-state index < -0.39 is 6.10 Å². The Hall–Kier alpha value is -4.17. The minimum absolute atomic E-state index is 0.159. The highest BCUT2D eigenvalue weighted by Gasteiger charge is 2.33. The van der Waals surface area contributed by atoms with Crippen molar-refractivity contribution in [1.82, 2.24) is 4.98 Å². The van der Waals surface area contributed by atoms with E-state index in [0.29, 0.717) is 22.9 Å². The van der Waals surface area contributed by atoms with Crippen LogP contribution in [-0.2, 0) is 9.59 Å². The Morgan fingerprint density at radius 2 is 1.86 bits per heavy atom. The van der Waals surface area contributed by atoms with Gasteiger partial charge in [0.25, 0.3) is 5.91 Å². The Bertz CT molecular complexity index is 1390. The van der Waals surface area contributed by atoms with Crippen LogP contribution in [0.25, 0.3) is 21.8 Å². The molecule has 1 aliphatic heterocycles. The largest absolute Gasteiger partial charge is 0.495 e. The van der Waals surface area contributed by atoms with E-state index in [1.807, 2.05) is 60.0 Å². The van der Waals surface area contributed by atoms with Crippen molar-refractivity contribution in [3.8, 4) is 33.3 Å². The number of hydrogen-bond donors (Lipinski definition) is 1. The monoisotopic (exact) mass is 485 g/mol. The lowest BCUT2D eigenvalue weighted by Gasteiger charge is -2.33. The van der Waals surface area contributed by atoms with Crippen molar-refractivity contribution in [3.05, 3.63) is 78.2 Å². The van der Waals surface area contributed by atoms with Crippen LogP contribution in [0.15, 0.2) is 78.2 Å². The number of amides is 2. The lowest BCUT2D eigenvalue weighted by molar-refractivity contribution is -0.127. The van der Waals surface area contributed by atoms with Gasteiger partial charge < -0.3 is 14.8 Å². The van der Waals surface area contributed by atoms with Crippen molar-refractivity contribution >= 4 is 34.5 Å². The van der Waals surface area contributed by atoms with Crippen molar-refractivity contribution in [2.45, 2.75) is 13.0 Å².